The zero-order valence-corrected chi connectivity index (χ0v) is 29.4. The summed E-state index contributed by atoms with van der Waals surface area (Å²) >= 11 is 0. The fraction of sp³-hybridized carbons (Fsp3) is 0.282. The van der Waals surface area contributed by atoms with Crippen LogP contribution in [0, 0.1) is 19.3 Å². The Bertz CT molecular complexity index is 1980. The van der Waals surface area contributed by atoms with Gasteiger partial charge in [0.2, 0.25) is 5.91 Å². The quantitative estimate of drug-likeness (QED) is 0.135. The molecule has 11 heteroatoms. The smallest absolute Gasteiger partial charge is 0.351 e. The highest BCUT2D eigenvalue weighted by Crippen LogP contribution is 2.40. The molecule has 0 aliphatic rings. The Kier molecular flexibility index (Phi) is 11.8. The van der Waals surface area contributed by atoms with Gasteiger partial charge in [0.1, 0.15) is 0 Å². The first-order valence-corrected chi connectivity index (χ1v) is 17.6. The van der Waals surface area contributed by atoms with Crippen molar-refractivity contribution in [3.8, 4) is 11.1 Å². The Labute approximate surface area is 291 Å². The summed E-state index contributed by atoms with van der Waals surface area (Å²) in [5, 5.41) is 5.13. The Morgan fingerprint density at radius 2 is 1.50 bits per heavy atom. The fourth-order valence-electron chi connectivity index (χ4n) is 5.41. The van der Waals surface area contributed by atoms with Crippen LogP contribution in [0.15, 0.2) is 91.0 Å². The Balaban J connectivity index is 1.63. The van der Waals surface area contributed by atoms with Gasteiger partial charge in [-0.1, -0.05) is 99.2 Å². The highest BCUT2D eigenvalue weighted by molar-refractivity contribution is 7.85. The van der Waals surface area contributed by atoms with E-state index in [4.69, 9.17) is 4.55 Å². The third-order valence-electron chi connectivity index (χ3n) is 8.00. The largest absolute Gasteiger partial charge is 0.417 e. The van der Waals surface area contributed by atoms with Gasteiger partial charge in [-0.3, -0.25) is 14.1 Å². The van der Waals surface area contributed by atoms with Crippen molar-refractivity contribution >= 4 is 33.7 Å². The van der Waals surface area contributed by atoms with E-state index >= 15 is 0 Å². The highest BCUT2D eigenvalue weighted by Gasteiger charge is 2.35. The van der Waals surface area contributed by atoms with Crippen LogP contribution in [0.25, 0.3) is 17.2 Å². The Hall–Kier alpha value is -4.74. The molecule has 2 amide bonds. The van der Waals surface area contributed by atoms with Crippen LogP contribution in [-0.4, -0.2) is 37.1 Å². The van der Waals surface area contributed by atoms with Gasteiger partial charge >= 0.3 is 6.18 Å². The number of carbonyl (C=O) groups excluding carboxylic acids is 2. The van der Waals surface area contributed by atoms with Crippen molar-refractivity contribution in [1.82, 2.24) is 5.32 Å². The molecule has 50 heavy (non-hydrogen) atoms. The lowest BCUT2D eigenvalue weighted by Crippen LogP contribution is -2.28. The van der Waals surface area contributed by atoms with Gasteiger partial charge in [0.25, 0.3) is 16.0 Å². The first kappa shape index (κ1) is 38.1. The zero-order valence-electron chi connectivity index (χ0n) is 28.6. The minimum absolute atomic E-state index is 0.00230. The molecule has 0 spiro atoms. The molecule has 4 rings (SSSR count). The van der Waals surface area contributed by atoms with Crippen molar-refractivity contribution in [3.05, 3.63) is 130 Å². The van der Waals surface area contributed by atoms with Gasteiger partial charge in [-0.2, -0.15) is 21.6 Å². The van der Waals surface area contributed by atoms with E-state index in [0.717, 1.165) is 17.2 Å². The lowest BCUT2D eigenvalue weighted by atomic mass is 9.89. The number of halogens is 3. The lowest BCUT2D eigenvalue weighted by Gasteiger charge is -2.20. The van der Waals surface area contributed by atoms with E-state index in [-0.39, 0.29) is 35.2 Å². The second-order valence-corrected chi connectivity index (χ2v) is 15.0. The molecule has 0 heterocycles. The maximum absolute atomic E-state index is 14.4. The number of rotatable bonds is 11. The van der Waals surface area contributed by atoms with Crippen LogP contribution in [-0.2, 0) is 27.5 Å². The molecule has 1 unspecified atom stereocenters. The van der Waals surface area contributed by atoms with Gasteiger partial charge < -0.3 is 10.6 Å². The van der Waals surface area contributed by atoms with Gasteiger partial charge in [0, 0.05) is 17.8 Å². The van der Waals surface area contributed by atoms with Crippen LogP contribution in [0.2, 0.25) is 0 Å². The van der Waals surface area contributed by atoms with Crippen molar-refractivity contribution in [2.24, 2.45) is 5.41 Å². The van der Waals surface area contributed by atoms with Gasteiger partial charge in [0.15, 0.2) is 0 Å². The van der Waals surface area contributed by atoms with Crippen LogP contribution in [0.1, 0.15) is 70.4 Å². The predicted octanol–water partition coefficient (Wildman–Crippen LogP) is 8.63. The van der Waals surface area contributed by atoms with Crippen molar-refractivity contribution < 1.29 is 35.7 Å². The van der Waals surface area contributed by atoms with Gasteiger partial charge in [-0.25, -0.2) is 0 Å². The number of aryl methyl sites for hydroxylation is 2. The summed E-state index contributed by atoms with van der Waals surface area (Å²) in [4.78, 5) is 26.4. The number of benzene rings is 4. The number of carbonyl (C=O) groups is 2. The monoisotopic (exact) mass is 706 g/mol. The average molecular weight is 707 g/mol. The lowest BCUT2D eigenvalue weighted by molar-refractivity contribution is -0.137. The predicted molar refractivity (Wildman–Crippen MR) is 192 cm³/mol. The summed E-state index contributed by atoms with van der Waals surface area (Å²) in [6, 6.07) is 22.8. The minimum atomic E-state index is -4.68. The topological polar surface area (TPSA) is 113 Å². The second kappa shape index (κ2) is 15.4. The van der Waals surface area contributed by atoms with Gasteiger partial charge in [0.05, 0.1) is 17.2 Å². The highest BCUT2D eigenvalue weighted by atomic mass is 32.2. The molecule has 264 valence electrons. The number of anilines is 1. The molecular formula is C39H41F3N2O5S. The molecule has 7 nitrogen and oxygen atoms in total. The minimum Gasteiger partial charge on any atom is -0.351 e. The molecule has 0 aliphatic heterocycles. The van der Waals surface area contributed by atoms with Crippen molar-refractivity contribution in [1.29, 1.82) is 0 Å². The summed E-state index contributed by atoms with van der Waals surface area (Å²) < 4.78 is 73.9. The summed E-state index contributed by atoms with van der Waals surface area (Å²) in [6.45, 7) is 9.58. The standard InChI is InChI=1S/C39H41F3N2O5S/c1-25-6-16-32(26(2)22-25)33-17-15-31(24-35(33)39(40,41)42)44-37(46)34(29-11-7-27(8-12-29)18-19-38(3,4)5)23-28-9-13-30(14-10-28)36(45)43-20-21-50(47,48)49/h6-19,22,24,34H,20-21,23H2,1-5H3,(H,43,45)(H,44,46)(H,47,48,49)/b19-18+. The molecule has 0 bridgehead atoms. The number of allylic oxidation sites excluding steroid dienone is 1. The first-order valence-electron chi connectivity index (χ1n) is 16.0. The average Bonchev–Trinajstić information content (AvgIpc) is 3.02. The van der Waals surface area contributed by atoms with E-state index in [1.54, 1.807) is 31.2 Å². The van der Waals surface area contributed by atoms with E-state index in [1.165, 1.54) is 24.3 Å². The number of hydrogen-bond acceptors (Lipinski definition) is 4. The first-order chi connectivity index (χ1) is 23.3. The van der Waals surface area contributed by atoms with Crippen LogP contribution in [0.3, 0.4) is 0 Å². The second-order valence-electron chi connectivity index (χ2n) is 13.4. The van der Waals surface area contributed by atoms with E-state index in [0.29, 0.717) is 22.3 Å². The molecular weight excluding hydrogens is 665 g/mol. The molecule has 0 radical (unpaired) electrons. The van der Waals surface area contributed by atoms with Crippen LogP contribution >= 0.6 is 0 Å². The van der Waals surface area contributed by atoms with Crippen LogP contribution in [0.4, 0.5) is 18.9 Å². The molecule has 0 fully saturated rings. The zero-order chi connectivity index (χ0) is 36.9. The maximum Gasteiger partial charge on any atom is 0.417 e. The van der Waals surface area contributed by atoms with Crippen molar-refractivity contribution in [2.75, 3.05) is 17.6 Å². The molecule has 3 N–H and O–H groups in total. The third-order valence-corrected chi connectivity index (χ3v) is 8.72. The molecule has 0 saturated carbocycles. The summed E-state index contributed by atoms with van der Waals surface area (Å²) in [7, 11) is -4.23. The molecule has 0 aromatic heterocycles. The molecule has 0 saturated heterocycles. The van der Waals surface area contributed by atoms with Gasteiger partial charge in [-0.05, 0) is 83.3 Å². The molecule has 0 aliphatic carbocycles. The maximum atomic E-state index is 14.4. The summed E-state index contributed by atoms with van der Waals surface area (Å²) in [6.07, 6.45) is -0.467. The SMILES string of the molecule is Cc1ccc(-c2ccc(NC(=O)C(Cc3ccc(C(=O)NCCS(=O)(=O)O)cc3)c3ccc(/C=C/C(C)(C)C)cc3)cc2C(F)(F)F)c(C)c1. The fourth-order valence-corrected chi connectivity index (χ4v) is 5.77. The number of hydrogen-bond donors (Lipinski definition) is 3. The van der Waals surface area contributed by atoms with E-state index in [1.807, 2.05) is 43.3 Å². The molecule has 1 atom stereocenters. The molecule has 4 aromatic rings. The normalized spacial score (nSPS) is 12.9. The Morgan fingerprint density at radius 3 is 2.08 bits per heavy atom. The third kappa shape index (κ3) is 10.9. The van der Waals surface area contributed by atoms with E-state index in [2.05, 4.69) is 37.5 Å². The number of nitrogens with one attached hydrogen (secondary N) is 2. The number of alkyl halides is 3. The summed E-state index contributed by atoms with van der Waals surface area (Å²) in [5.41, 5.74) is 3.69. The van der Waals surface area contributed by atoms with Gasteiger partial charge in [-0.15, -0.1) is 0 Å². The van der Waals surface area contributed by atoms with Crippen molar-refractivity contribution in [3.63, 3.8) is 0 Å². The number of amides is 2. The molecule has 4 aromatic carbocycles. The van der Waals surface area contributed by atoms with Crippen LogP contribution < -0.4 is 10.6 Å². The van der Waals surface area contributed by atoms with E-state index < -0.39 is 45.3 Å². The Morgan fingerprint density at radius 1 is 0.860 bits per heavy atom. The summed E-state index contributed by atoms with van der Waals surface area (Å²) in [5.74, 6) is -2.49. The van der Waals surface area contributed by atoms with Crippen LogP contribution in [0.5, 0.6) is 0 Å². The van der Waals surface area contributed by atoms with E-state index in [9.17, 15) is 31.2 Å². The van der Waals surface area contributed by atoms with Crippen molar-refractivity contribution in [2.45, 2.75) is 53.1 Å².